The molecule has 1 N–H and O–H groups in total. The highest BCUT2D eigenvalue weighted by molar-refractivity contribution is 7.88. The fourth-order valence-electron chi connectivity index (χ4n) is 2.80. The van der Waals surface area contributed by atoms with Crippen LogP contribution in [0, 0.1) is 6.92 Å². The summed E-state index contributed by atoms with van der Waals surface area (Å²) in [4.78, 5) is 22.2. The molecule has 3 rings (SSSR count). The zero-order chi connectivity index (χ0) is 15.9. The first-order chi connectivity index (χ1) is 10.3. The normalized spacial score (nSPS) is 23.1. The molecule has 2 aliphatic heterocycles. The molecular weight excluding hydrogens is 306 g/mol. The van der Waals surface area contributed by atoms with Gasteiger partial charge in [0.1, 0.15) is 11.6 Å². The Kier molecular flexibility index (Phi) is 3.77. The van der Waals surface area contributed by atoms with Gasteiger partial charge < -0.3 is 10.2 Å². The number of aromatic nitrogens is 2. The molecule has 1 amide bonds. The number of hydrogen-bond donors (Lipinski definition) is 1. The average molecular weight is 325 g/mol. The van der Waals surface area contributed by atoms with Crippen LogP contribution in [0.1, 0.15) is 24.0 Å². The smallest absolute Gasteiger partial charge is 0.239 e. The van der Waals surface area contributed by atoms with E-state index in [9.17, 15) is 13.2 Å². The Bertz CT molecular complexity index is 706. The molecule has 9 heteroatoms. The molecule has 2 saturated heterocycles. The Labute approximate surface area is 129 Å². The molecule has 1 aromatic heterocycles. The van der Waals surface area contributed by atoms with Crippen molar-refractivity contribution in [2.24, 2.45) is 0 Å². The number of rotatable bonds is 3. The summed E-state index contributed by atoms with van der Waals surface area (Å²) in [5, 5.41) is 2.77. The summed E-state index contributed by atoms with van der Waals surface area (Å²) < 4.78 is 24.9. The minimum Gasteiger partial charge on any atom is -0.353 e. The molecule has 22 heavy (non-hydrogen) atoms. The number of anilines is 1. The second kappa shape index (κ2) is 5.47. The van der Waals surface area contributed by atoms with Crippen LogP contribution >= 0.6 is 0 Å². The van der Waals surface area contributed by atoms with Gasteiger partial charge in [0.15, 0.2) is 0 Å². The molecule has 0 aromatic carbocycles. The van der Waals surface area contributed by atoms with Crippen molar-refractivity contribution >= 4 is 21.7 Å². The summed E-state index contributed by atoms with van der Waals surface area (Å²) in [5.41, 5.74) is 0.699. The molecule has 0 spiro atoms. The fourth-order valence-corrected chi connectivity index (χ4v) is 3.91. The van der Waals surface area contributed by atoms with Crippen LogP contribution in [-0.4, -0.2) is 61.0 Å². The van der Waals surface area contributed by atoms with Gasteiger partial charge in [0.05, 0.1) is 24.5 Å². The fraction of sp³-hybridized carbons (Fsp3) is 0.615. The number of aryl methyl sites for hydroxylation is 1. The van der Waals surface area contributed by atoms with Crippen LogP contribution in [0.3, 0.4) is 0 Å². The molecule has 0 radical (unpaired) electrons. The first-order valence-electron chi connectivity index (χ1n) is 7.18. The number of nitrogens with one attached hydrogen (secondary N) is 1. The van der Waals surface area contributed by atoms with Crippen LogP contribution < -0.4 is 10.2 Å². The first kappa shape index (κ1) is 15.2. The molecule has 2 aliphatic rings. The average Bonchev–Trinajstić information content (AvgIpc) is 2.34. The van der Waals surface area contributed by atoms with E-state index in [0.717, 1.165) is 6.42 Å². The van der Waals surface area contributed by atoms with Gasteiger partial charge in [-0.1, -0.05) is 0 Å². The monoisotopic (exact) mass is 325 g/mol. The maximum absolute atomic E-state index is 11.7. The highest BCUT2D eigenvalue weighted by Crippen LogP contribution is 2.35. The molecule has 8 nitrogen and oxygen atoms in total. The Hall–Kier alpha value is -1.74. The van der Waals surface area contributed by atoms with Gasteiger partial charge in [-0.3, -0.25) is 4.79 Å². The summed E-state index contributed by atoms with van der Waals surface area (Å²) in [6.07, 6.45) is 1.96. The quantitative estimate of drug-likeness (QED) is 0.799. The van der Waals surface area contributed by atoms with E-state index in [4.69, 9.17) is 0 Å². The highest BCUT2D eigenvalue weighted by atomic mass is 32.2. The van der Waals surface area contributed by atoms with Crippen molar-refractivity contribution in [3.63, 3.8) is 0 Å². The third-order valence-electron chi connectivity index (χ3n) is 3.94. The van der Waals surface area contributed by atoms with E-state index >= 15 is 0 Å². The van der Waals surface area contributed by atoms with Crippen LogP contribution in [-0.2, 0) is 14.8 Å². The molecule has 0 saturated carbocycles. The van der Waals surface area contributed by atoms with E-state index < -0.39 is 10.0 Å². The van der Waals surface area contributed by atoms with E-state index in [-0.39, 0.29) is 18.5 Å². The Morgan fingerprint density at radius 1 is 1.32 bits per heavy atom. The number of carbonyl (C=O) groups is 1. The maximum Gasteiger partial charge on any atom is 0.239 e. The standard InChI is InChI=1S/C13H19N5O3S/c1-9-15-10(11-3-5-18(11)22(2,20)21)7-12(16-9)17-6-4-14-13(19)8-17/h7,11H,3-6,8H2,1-2H3,(H,14,19)/t11-/m0/s1. The zero-order valence-electron chi connectivity index (χ0n) is 12.6. The summed E-state index contributed by atoms with van der Waals surface area (Å²) in [7, 11) is -3.23. The Morgan fingerprint density at radius 3 is 2.68 bits per heavy atom. The van der Waals surface area contributed by atoms with E-state index in [1.165, 1.54) is 10.6 Å². The molecule has 0 aliphatic carbocycles. The van der Waals surface area contributed by atoms with Crippen molar-refractivity contribution in [2.75, 3.05) is 37.3 Å². The van der Waals surface area contributed by atoms with E-state index in [0.29, 0.717) is 37.0 Å². The minimum absolute atomic E-state index is 0.0366. The van der Waals surface area contributed by atoms with Crippen LogP contribution in [0.4, 0.5) is 5.82 Å². The zero-order valence-corrected chi connectivity index (χ0v) is 13.4. The van der Waals surface area contributed by atoms with Crippen molar-refractivity contribution in [1.82, 2.24) is 19.6 Å². The summed E-state index contributed by atoms with van der Waals surface area (Å²) in [6.45, 7) is 3.82. The first-order valence-corrected chi connectivity index (χ1v) is 9.03. The van der Waals surface area contributed by atoms with Gasteiger partial charge in [-0.05, 0) is 13.3 Å². The molecule has 2 fully saturated rings. The van der Waals surface area contributed by atoms with E-state index in [2.05, 4.69) is 15.3 Å². The van der Waals surface area contributed by atoms with E-state index in [1.807, 2.05) is 4.90 Å². The van der Waals surface area contributed by atoms with Crippen molar-refractivity contribution < 1.29 is 13.2 Å². The van der Waals surface area contributed by atoms with Crippen molar-refractivity contribution in [3.05, 3.63) is 17.6 Å². The lowest BCUT2D eigenvalue weighted by atomic mass is 10.0. The SMILES string of the molecule is Cc1nc([C@@H]2CCN2S(C)(=O)=O)cc(N2CCNC(=O)C2)n1. The molecule has 1 aromatic rings. The number of hydrogen-bond acceptors (Lipinski definition) is 6. The van der Waals surface area contributed by atoms with Gasteiger partial charge in [0, 0.05) is 25.7 Å². The number of nitrogens with zero attached hydrogens (tertiary/aromatic N) is 4. The molecule has 0 bridgehead atoms. The number of piperazine rings is 1. The van der Waals surface area contributed by atoms with E-state index in [1.54, 1.807) is 13.0 Å². The van der Waals surface area contributed by atoms with Crippen molar-refractivity contribution in [3.8, 4) is 0 Å². The van der Waals surface area contributed by atoms with Gasteiger partial charge in [-0.2, -0.15) is 4.31 Å². The third kappa shape index (κ3) is 2.91. The predicted octanol–water partition coefficient (Wildman–Crippen LogP) is -0.572. The van der Waals surface area contributed by atoms with Gasteiger partial charge in [-0.25, -0.2) is 18.4 Å². The lowest BCUT2D eigenvalue weighted by Crippen LogP contribution is -2.48. The molecular formula is C13H19N5O3S. The van der Waals surface area contributed by atoms with Gasteiger partial charge in [-0.15, -0.1) is 0 Å². The number of amides is 1. The van der Waals surface area contributed by atoms with Crippen LogP contribution in [0.2, 0.25) is 0 Å². The minimum atomic E-state index is -3.23. The molecule has 1 atom stereocenters. The molecule has 3 heterocycles. The van der Waals surface area contributed by atoms with Gasteiger partial charge in [0.25, 0.3) is 0 Å². The maximum atomic E-state index is 11.7. The molecule has 120 valence electrons. The topological polar surface area (TPSA) is 95.5 Å². The summed E-state index contributed by atoms with van der Waals surface area (Å²) >= 11 is 0. The third-order valence-corrected chi connectivity index (χ3v) is 5.23. The Balaban J connectivity index is 1.89. The lowest BCUT2D eigenvalue weighted by Gasteiger charge is -2.38. The van der Waals surface area contributed by atoms with Crippen LogP contribution in [0.15, 0.2) is 6.07 Å². The molecule has 0 unspecified atom stereocenters. The highest BCUT2D eigenvalue weighted by Gasteiger charge is 2.37. The number of sulfonamides is 1. The van der Waals surface area contributed by atoms with Gasteiger partial charge in [0.2, 0.25) is 15.9 Å². The van der Waals surface area contributed by atoms with Crippen LogP contribution in [0.25, 0.3) is 0 Å². The summed E-state index contributed by atoms with van der Waals surface area (Å²) in [5.74, 6) is 1.22. The second-order valence-corrected chi connectivity index (χ2v) is 7.58. The van der Waals surface area contributed by atoms with Crippen LogP contribution in [0.5, 0.6) is 0 Å². The van der Waals surface area contributed by atoms with Crippen molar-refractivity contribution in [2.45, 2.75) is 19.4 Å². The largest absolute Gasteiger partial charge is 0.353 e. The Morgan fingerprint density at radius 2 is 2.09 bits per heavy atom. The number of carbonyl (C=O) groups excluding carboxylic acids is 1. The summed E-state index contributed by atoms with van der Waals surface area (Å²) in [6, 6.07) is 1.57. The second-order valence-electron chi connectivity index (χ2n) is 5.65. The lowest BCUT2D eigenvalue weighted by molar-refractivity contribution is -0.120. The predicted molar refractivity (Wildman–Crippen MR) is 80.9 cm³/mol. The van der Waals surface area contributed by atoms with Crippen molar-refractivity contribution in [1.29, 1.82) is 0 Å². The van der Waals surface area contributed by atoms with Gasteiger partial charge >= 0.3 is 0 Å².